The molecule has 0 spiro atoms. The number of carbonyl (C=O) groups excluding carboxylic acids is 3. The van der Waals surface area contributed by atoms with Gasteiger partial charge in [-0.15, -0.1) is 0 Å². The number of ketones is 1. The normalized spacial score (nSPS) is 12.5. The minimum Gasteiger partial charge on any atom is -0.485 e. The number of ether oxygens (including phenoxy) is 2. The van der Waals surface area contributed by atoms with Crippen molar-refractivity contribution in [2.24, 2.45) is 0 Å². The maximum atomic E-state index is 13.0. The second kappa shape index (κ2) is 11.4. The molecular formula is C27H24F2N2O5. The van der Waals surface area contributed by atoms with Gasteiger partial charge in [-0.25, -0.2) is 8.78 Å². The number of hydrogen-bond donors (Lipinski definition) is 1. The summed E-state index contributed by atoms with van der Waals surface area (Å²) < 4.78 is 36.9. The number of nitrogens with one attached hydrogen (secondary N) is 1. The van der Waals surface area contributed by atoms with Crippen LogP contribution in [0.1, 0.15) is 28.8 Å². The van der Waals surface area contributed by atoms with E-state index in [1.807, 2.05) is 0 Å². The lowest BCUT2D eigenvalue weighted by atomic mass is 10.1. The summed E-state index contributed by atoms with van der Waals surface area (Å²) in [6.45, 7) is 0.158. The summed E-state index contributed by atoms with van der Waals surface area (Å²) in [6, 6.07) is 16.0. The molecule has 0 saturated carbocycles. The summed E-state index contributed by atoms with van der Waals surface area (Å²) in [4.78, 5) is 38.9. The number of rotatable bonds is 10. The van der Waals surface area contributed by atoms with Gasteiger partial charge >= 0.3 is 0 Å². The second-order valence-electron chi connectivity index (χ2n) is 8.19. The molecular weight excluding hydrogens is 470 g/mol. The van der Waals surface area contributed by atoms with E-state index in [0.717, 1.165) is 5.56 Å². The molecule has 4 rings (SSSR count). The maximum Gasteiger partial charge on any atom is 0.265 e. The van der Waals surface area contributed by atoms with Crippen LogP contribution in [0, 0.1) is 11.6 Å². The van der Waals surface area contributed by atoms with Crippen LogP contribution in [-0.2, 0) is 16.1 Å². The molecule has 7 nitrogen and oxygen atoms in total. The number of amides is 2. The minimum atomic E-state index is -0.404. The van der Waals surface area contributed by atoms with Crippen molar-refractivity contribution >= 4 is 23.3 Å². The average Bonchev–Trinajstić information content (AvgIpc) is 2.89. The van der Waals surface area contributed by atoms with Crippen LogP contribution in [0.2, 0.25) is 0 Å². The summed E-state index contributed by atoms with van der Waals surface area (Å²) in [6.07, 6.45) is 0.581. The van der Waals surface area contributed by atoms with Crippen molar-refractivity contribution in [3.05, 3.63) is 89.5 Å². The molecule has 3 aromatic rings. The predicted octanol–water partition coefficient (Wildman–Crippen LogP) is 4.05. The molecule has 186 valence electrons. The Hall–Kier alpha value is -4.27. The molecule has 3 aromatic carbocycles. The van der Waals surface area contributed by atoms with E-state index in [4.69, 9.17) is 9.47 Å². The highest BCUT2D eigenvalue weighted by molar-refractivity contribution is 6.02. The van der Waals surface area contributed by atoms with E-state index in [0.29, 0.717) is 29.2 Å². The Kier molecular flexibility index (Phi) is 7.89. The van der Waals surface area contributed by atoms with E-state index < -0.39 is 5.82 Å². The van der Waals surface area contributed by atoms with Crippen LogP contribution in [0.3, 0.4) is 0 Å². The summed E-state index contributed by atoms with van der Waals surface area (Å²) in [7, 11) is 0. The second-order valence-corrected chi connectivity index (χ2v) is 8.19. The van der Waals surface area contributed by atoms with Crippen molar-refractivity contribution in [1.29, 1.82) is 0 Å². The molecule has 0 radical (unpaired) electrons. The summed E-state index contributed by atoms with van der Waals surface area (Å²) in [5.41, 5.74) is 1.56. The Morgan fingerprint density at radius 3 is 2.39 bits per heavy atom. The zero-order valence-corrected chi connectivity index (χ0v) is 19.3. The first-order valence-corrected chi connectivity index (χ1v) is 11.4. The first kappa shape index (κ1) is 24.8. The predicted molar refractivity (Wildman–Crippen MR) is 128 cm³/mol. The molecule has 0 fully saturated rings. The quantitative estimate of drug-likeness (QED) is 0.430. The number of anilines is 1. The van der Waals surface area contributed by atoms with Crippen molar-refractivity contribution in [1.82, 2.24) is 5.32 Å². The minimum absolute atomic E-state index is 0.134. The van der Waals surface area contributed by atoms with Crippen LogP contribution in [0.5, 0.6) is 11.5 Å². The van der Waals surface area contributed by atoms with E-state index in [2.05, 4.69) is 5.32 Å². The molecule has 0 atom stereocenters. The van der Waals surface area contributed by atoms with Gasteiger partial charge in [0.1, 0.15) is 23.1 Å². The fourth-order valence-electron chi connectivity index (χ4n) is 3.67. The Bertz CT molecular complexity index is 1250. The van der Waals surface area contributed by atoms with Crippen LogP contribution in [0.15, 0.2) is 66.7 Å². The lowest BCUT2D eigenvalue weighted by Gasteiger charge is -2.29. The molecule has 0 aliphatic carbocycles. The SMILES string of the molecule is O=C(CCCN1C(=O)COc2ccc(C(=O)COc3ccc(F)cc3)cc21)NCc1ccc(F)cc1. The zero-order valence-electron chi connectivity index (χ0n) is 19.3. The number of Topliss-reactive ketones (excluding diaryl/α,β-unsaturated/α-hetero) is 1. The third kappa shape index (κ3) is 6.44. The number of nitrogens with zero attached hydrogens (tertiary/aromatic N) is 1. The Morgan fingerprint density at radius 2 is 1.67 bits per heavy atom. The van der Waals surface area contributed by atoms with E-state index in [1.165, 1.54) is 41.3 Å². The average molecular weight is 494 g/mol. The van der Waals surface area contributed by atoms with Crippen molar-refractivity contribution < 1.29 is 32.6 Å². The van der Waals surface area contributed by atoms with Gasteiger partial charge in [-0.1, -0.05) is 12.1 Å². The molecule has 9 heteroatoms. The highest BCUT2D eigenvalue weighted by atomic mass is 19.1. The molecule has 0 bridgehead atoms. The van der Waals surface area contributed by atoms with Gasteiger partial charge in [-0.3, -0.25) is 14.4 Å². The van der Waals surface area contributed by atoms with Gasteiger partial charge in [-0.05, 0) is 66.6 Å². The molecule has 1 N–H and O–H groups in total. The fraction of sp³-hybridized carbons (Fsp3) is 0.222. The van der Waals surface area contributed by atoms with Gasteiger partial charge in [0.2, 0.25) is 5.91 Å². The van der Waals surface area contributed by atoms with E-state index in [-0.39, 0.29) is 56.1 Å². The molecule has 36 heavy (non-hydrogen) atoms. The molecule has 1 aliphatic heterocycles. The van der Waals surface area contributed by atoms with E-state index in [1.54, 1.807) is 30.3 Å². The lowest BCUT2D eigenvalue weighted by molar-refractivity contribution is -0.123. The molecule has 0 unspecified atom stereocenters. The molecule has 0 aromatic heterocycles. The first-order chi connectivity index (χ1) is 17.4. The van der Waals surface area contributed by atoms with Gasteiger partial charge in [0.05, 0.1) is 5.69 Å². The van der Waals surface area contributed by atoms with Gasteiger partial charge in [-0.2, -0.15) is 0 Å². The maximum absolute atomic E-state index is 13.0. The lowest BCUT2D eigenvalue weighted by Crippen LogP contribution is -2.40. The van der Waals surface area contributed by atoms with Crippen LogP contribution < -0.4 is 19.7 Å². The van der Waals surface area contributed by atoms with Crippen LogP contribution in [0.4, 0.5) is 14.5 Å². The molecule has 2 amide bonds. The zero-order chi connectivity index (χ0) is 25.5. The Labute approximate surface area is 206 Å². The largest absolute Gasteiger partial charge is 0.485 e. The number of hydrogen-bond acceptors (Lipinski definition) is 5. The van der Waals surface area contributed by atoms with Gasteiger partial charge < -0.3 is 19.7 Å². The highest BCUT2D eigenvalue weighted by Crippen LogP contribution is 2.33. The third-order valence-electron chi connectivity index (χ3n) is 5.60. The first-order valence-electron chi connectivity index (χ1n) is 11.4. The Morgan fingerprint density at radius 1 is 0.972 bits per heavy atom. The number of halogens is 2. The van der Waals surface area contributed by atoms with Gasteiger partial charge in [0, 0.05) is 25.1 Å². The topological polar surface area (TPSA) is 84.9 Å². The fourth-order valence-corrected chi connectivity index (χ4v) is 3.67. The van der Waals surface area contributed by atoms with Crippen molar-refractivity contribution in [2.75, 3.05) is 24.7 Å². The third-order valence-corrected chi connectivity index (χ3v) is 5.60. The monoisotopic (exact) mass is 494 g/mol. The van der Waals surface area contributed by atoms with Crippen molar-refractivity contribution in [2.45, 2.75) is 19.4 Å². The van der Waals surface area contributed by atoms with Crippen molar-refractivity contribution in [3.8, 4) is 11.5 Å². The highest BCUT2D eigenvalue weighted by Gasteiger charge is 2.26. The Balaban J connectivity index is 1.33. The summed E-state index contributed by atoms with van der Waals surface area (Å²) in [5.74, 6) is -0.708. The summed E-state index contributed by atoms with van der Waals surface area (Å²) in [5, 5.41) is 2.77. The van der Waals surface area contributed by atoms with E-state index >= 15 is 0 Å². The molecule has 1 aliphatic rings. The number of fused-ring (bicyclic) bond motifs is 1. The smallest absolute Gasteiger partial charge is 0.265 e. The van der Waals surface area contributed by atoms with Gasteiger partial charge in [0.15, 0.2) is 19.0 Å². The van der Waals surface area contributed by atoms with Crippen molar-refractivity contribution in [3.63, 3.8) is 0 Å². The number of benzene rings is 3. The molecule has 1 heterocycles. The van der Waals surface area contributed by atoms with Crippen LogP contribution in [-0.4, -0.2) is 37.4 Å². The van der Waals surface area contributed by atoms with Crippen LogP contribution in [0.25, 0.3) is 0 Å². The standard InChI is InChI=1S/C27H24F2N2O5/c28-20-6-3-18(4-7-20)15-30-26(33)2-1-13-31-23-14-19(5-12-25(23)36-17-27(31)34)24(32)16-35-22-10-8-21(29)9-11-22/h3-12,14H,1-2,13,15-17H2,(H,30,33). The molecule has 0 saturated heterocycles. The number of carbonyl (C=O) groups is 3. The summed E-state index contributed by atoms with van der Waals surface area (Å²) >= 11 is 0. The van der Waals surface area contributed by atoms with Crippen LogP contribution >= 0.6 is 0 Å². The van der Waals surface area contributed by atoms with Gasteiger partial charge in [0.25, 0.3) is 5.91 Å². The van der Waals surface area contributed by atoms with E-state index in [9.17, 15) is 23.2 Å².